The Morgan fingerprint density at radius 2 is 0.862 bits per heavy atom. The van der Waals surface area contributed by atoms with Gasteiger partial charge in [-0.2, -0.15) is 0 Å². The first-order chi connectivity index (χ1) is 12.5. The third-order valence-corrected chi connectivity index (χ3v) is 3.79. The van der Waals surface area contributed by atoms with Crippen molar-refractivity contribution in [3.63, 3.8) is 0 Å². The molecule has 0 saturated heterocycles. The van der Waals surface area contributed by atoms with Gasteiger partial charge in [-0.15, -0.1) is 0 Å². The van der Waals surface area contributed by atoms with Gasteiger partial charge in [-0.25, -0.2) is 0 Å². The van der Waals surface area contributed by atoms with Crippen LogP contribution in [0, 0.1) is 5.92 Å². The number of hydrogen-bond acceptors (Lipinski definition) is 1. The van der Waals surface area contributed by atoms with Gasteiger partial charge in [0.2, 0.25) is 0 Å². The number of para-hydroxylation sites is 1. The van der Waals surface area contributed by atoms with Crippen LogP contribution in [-0.4, -0.2) is 21.6 Å². The summed E-state index contributed by atoms with van der Waals surface area (Å²) in [4.78, 5) is 0. The topological polar surface area (TPSA) is 9.23 Å². The fourth-order valence-corrected chi connectivity index (χ4v) is 1.96. The van der Waals surface area contributed by atoms with Gasteiger partial charge >= 0.3 is 14.5 Å². The zero-order valence-corrected chi connectivity index (χ0v) is 19.2. The molecule has 1 nitrogen and oxygen atoms in total. The molecule has 0 fully saturated rings. The Morgan fingerprint density at radius 3 is 1.00 bits per heavy atom. The molecule has 12 heteroatoms. The number of rotatable bonds is 1. The average molecular weight is 609 g/mol. The van der Waals surface area contributed by atoms with Crippen molar-refractivity contribution in [1.29, 1.82) is 0 Å². The van der Waals surface area contributed by atoms with Crippen LogP contribution in [0.5, 0.6) is 5.75 Å². The molecule has 0 aliphatic heterocycles. The zero-order valence-electron chi connectivity index (χ0n) is 16.8. The molecule has 170 valence electrons. The van der Waals surface area contributed by atoms with E-state index in [1.807, 2.05) is 30.3 Å². The molecule has 1 aliphatic rings. The van der Waals surface area contributed by atoms with E-state index >= 15 is 0 Å². The minimum atomic E-state index is -6.00. The van der Waals surface area contributed by atoms with Crippen LogP contribution in [0.4, 0.5) is 34.5 Å². The summed E-state index contributed by atoms with van der Waals surface area (Å²) in [6.45, 7) is 11.0. The molecule has 0 spiro atoms. The first kappa shape index (κ1) is 32.4. The molecular weight excluding hydrogens is 586 g/mol. The number of halogens is 8. The maximum Gasteiger partial charge on any atom is 0.673 e. The smallest absolute Gasteiger partial charge is 0.497 e. The fraction of sp³-hybridized carbons (Fsp3) is 0.353. The summed E-state index contributed by atoms with van der Waals surface area (Å²) in [5.41, 5.74) is 5.87. The van der Waals surface area contributed by atoms with E-state index in [1.165, 1.54) is 28.2 Å². The molecule has 0 heterocycles. The van der Waals surface area contributed by atoms with Crippen LogP contribution in [0.2, 0.25) is 0 Å². The summed E-state index contributed by atoms with van der Waals surface area (Å²) in [5.74, 6) is 2.38. The molecule has 1 aromatic rings. The van der Waals surface area contributed by atoms with E-state index in [4.69, 9.17) is 4.74 Å². The molecule has 29 heavy (non-hydrogen) atoms. The predicted molar refractivity (Wildman–Crippen MR) is 99.0 cm³/mol. The fourth-order valence-electron chi connectivity index (χ4n) is 1.96. The van der Waals surface area contributed by atoms with Crippen molar-refractivity contribution in [2.45, 2.75) is 34.6 Å². The van der Waals surface area contributed by atoms with Gasteiger partial charge in [-0.05, 0) is 51.0 Å². The van der Waals surface area contributed by atoms with Crippen molar-refractivity contribution in [3.05, 3.63) is 58.5 Å². The van der Waals surface area contributed by atoms with Crippen LogP contribution in [0.1, 0.15) is 34.6 Å². The quantitative estimate of drug-likeness (QED) is 0.236. The van der Waals surface area contributed by atoms with Crippen molar-refractivity contribution in [2.24, 2.45) is 0 Å². The second-order valence-corrected chi connectivity index (χ2v) is 5.63. The molecule has 0 saturated carbocycles. The van der Waals surface area contributed by atoms with Gasteiger partial charge in [-0.1, -0.05) is 36.3 Å². The van der Waals surface area contributed by atoms with E-state index in [0.717, 1.165) is 5.75 Å². The molecule has 0 bridgehead atoms. The van der Waals surface area contributed by atoms with Gasteiger partial charge in [0.15, 0.2) is 0 Å². The van der Waals surface area contributed by atoms with E-state index in [1.54, 1.807) is 7.11 Å². The molecule has 0 aromatic heterocycles. The number of ether oxygens (including phenoxy) is 1. The van der Waals surface area contributed by atoms with Crippen LogP contribution >= 0.6 is 0 Å². The Bertz CT molecular complexity index is 595. The van der Waals surface area contributed by atoms with Crippen molar-refractivity contribution < 1.29 is 59.4 Å². The van der Waals surface area contributed by atoms with E-state index in [-0.39, 0.29) is 20.1 Å². The van der Waals surface area contributed by atoms with E-state index < -0.39 is 14.5 Å². The largest absolute Gasteiger partial charge is 0.673 e. The van der Waals surface area contributed by atoms with Crippen molar-refractivity contribution in [3.8, 4) is 5.75 Å². The van der Waals surface area contributed by atoms with E-state index in [2.05, 4.69) is 34.6 Å². The van der Waals surface area contributed by atoms with Crippen molar-refractivity contribution in [2.75, 3.05) is 7.11 Å². The Labute approximate surface area is 180 Å². The minimum absolute atomic E-state index is 0. The molecule has 2 radical (unpaired) electrons. The summed E-state index contributed by atoms with van der Waals surface area (Å²) in [6.07, 6.45) is 0. The SMILES string of the molecule is COc1ccccc1.C[C]1C(C)=C(C)C(C)=C1C.F[B-](F)(F)F.F[B-](F)(F)F.[Ir]. The van der Waals surface area contributed by atoms with Crippen LogP contribution in [0.25, 0.3) is 0 Å². The molecule has 0 amide bonds. The monoisotopic (exact) mass is 610 g/mol. The van der Waals surface area contributed by atoms with Crippen LogP contribution < -0.4 is 4.74 Å². The summed E-state index contributed by atoms with van der Waals surface area (Å²) in [6, 6.07) is 9.68. The first-order valence-electron chi connectivity index (χ1n) is 8.02. The van der Waals surface area contributed by atoms with Crippen LogP contribution in [0.3, 0.4) is 0 Å². The molecule has 1 aliphatic carbocycles. The third kappa shape index (κ3) is 19.8. The first-order valence-corrected chi connectivity index (χ1v) is 8.02. The summed E-state index contributed by atoms with van der Waals surface area (Å²) in [7, 11) is -10.3. The Balaban J connectivity index is -0.000000323. The number of methoxy groups -OCH3 is 1. The van der Waals surface area contributed by atoms with Gasteiger partial charge in [-0.3, -0.25) is 0 Å². The maximum atomic E-state index is 9.75. The standard InChI is InChI=1S/C10H15.C7H8O.2BF4.Ir/c1-6-7(2)9(4)10(5)8(6)3;1-8-7-5-3-2-4-6-7;2*2-1(3,4)5;/h1-5H3;2-6H,1H3;;;/q;;2*-1;. The second kappa shape index (κ2) is 14.7. The molecule has 0 unspecified atom stereocenters. The Morgan fingerprint density at radius 1 is 0.586 bits per heavy atom. The number of hydrogen-bond donors (Lipinski definition) is 0. The average Bonchev–Trinajstić information content (AvgIpc) is 2.71. The number of allylic oxidation sites excluding steroid dienone is 4. The molecular formula is C17H23B2F8IrO-2. The summed E-state index contributed by atoms with van der Waals surface area (Å²) >= 11 is 0. The molecule has 2 rings (SSSR count). The van der Waals surface area contributed by atoms with Crippen LogP contribution in [-0.2, 0) is 20.1 Å². The molecule has 0 atom stereocenters. The maximum absolute atomic E-state index is 9.75. The van der Waals surface area contributed by atoms with Gasteiger partial charge in [0.05, 0.1) is 7.11 Å². The van der Waals surface area contributed by atoms with E-state index in [9.17, 15) is 34.5 Å². The molecule has 1 aromatic carbocycles. The van der Waals surface area contributed by atoms with Gasteiger partial charge in [0.1, 0.15) is 5.75 Å². The van der Waals surface area contributed by atoms with Crippen molar-refractivity contribution >= 4 is 14.5 Å². The van der Waals surface area contributed by atoms with Gasteiger partial charge in [0, 0.05) is 26.0 Å². The Hall–Kier alpha value is -1.28. The molecule has 0 N–H and O–H groups in total. The third-order valence-electron chi connectivity index (χ3n) is 3.79. The van der Waals surface area contributed by atoms with Gasteiger partial charge in [0.25, 0.3) is 0 Å². The second-order valence-electron chi connectivity index (χ2n) is 5.63. The van der Waals surface area contributed by atoms with E-state index in [0.29, 0.717) is 0 Å². The van der Waals surface area contributed by atoms with Gasteiger partial charge < -0.3 is 39.3 Å². The summed E-state index contributed by atoms with van der Waals surface area (Å²) in [5, 5.41) is 0. The van der Waals surface area contributed by atoms with Crippen LogP contribution in [0.15, 0.2) is 52.6 Å². The number of benzene rings is 1. The normalized spacial score (nSPS) is 13.9. The predicted octanol–water partition coefficient (Wildman–Crippen LogP) is 7.56. The Kier molecular flexibility index (Phi) is 16.4. The van der Waals surface area contributed by atoms with Crippen molar-refractivity contribution in [1.82, 2.24) is 0 Å². The summed E-state index contributed by atoms with van der Waals surface area (Å²) < 4.78 is 82.9. The zero-order chi connectivity index (χ0) is 22.7. The minimum Gasteiger partial charge on any atom is -0.497 e.